The second-order valence-corrected chi connectivity index (χ2v) is 8.12. The molecule has 0 saturated carbocycles. The van der Waals surface area contributed by atoms with Crippen LogP contribution in [0.5, 0.6) is 0 Å². The van der Waals surface area contributed by atoms with Crippen molar-refractivity contribution in [2.45, 2.75) is 32.1 Å². The van der Waals surface area contributed by atoms with E-state index in [-0.39, 0.29) is 11.8 Å². The zero-order valence-corrected chi connectivity index (χ0v) is 19.4. The minimum atomic E-state index is -0.202. The normalized spacial score (nSPS) is 11.2. The van der Waals surface area contributed by atoms with Crippen LogP contribution >= 0.6 is 46.4 Å². The summed E-state index contributed by atoms with van der Waals surface area (Å²) in [4.78, 5) is 23.6. The number of halogens is 4. The first-order valence-corrected chi connectivity index (χ1v) is 10.9. The number of hydrazone groups is 2. The monoisotopic (exact) mass is 500 g/mol. The number of nitrogens with zero attached hydrogens (tertiary/aromatic N) is 2. The Labute approximate surface area is 200 Å². The molecule has 0 fully saturated rings. The van der Waals surface area contributed by atoms with Gasteiger partial charge in [-0.25, -0.2) is 10.9 Å². The van der Waals surface area contributed by atoms with Crippen molar-refractivity contribution < 1.29 is 9.59 Å². The Kier molecular flexibility index (Phi) is 10.8. The lowest BCUT2D eigenvalue weighted by molar-refractivity contribution is -0.121. The van der Waals surface area contributed by atoms with E-state index in [1.165, 1.54) is 12.4 Å². The predicted molar refractivity (Wildman–Crippen MR) is 127 cm³/mol. The fourth-order valence-corrected chi connectivity index (χ4v) is 3.02. The lowest BCUT2D eigenvalue weighted by Crippen LogP contribution is -2.18. The third-order valence-electron chi connectivity index (χ3n) is 4.00. The van der Waals surface area contributed by atoms with Gasteiger partial charge in [-0.1, -0.05) is 65.0 Å². The number of carbonyl (C=O) groups excluding carboxylic acids is 2. The molecule has 164 valence electrons. The largest absolute Gasteiger partial charge is 0.273 e. The van der Waals surface area contributed by atoms with Crippen molar-refractivity contribution in [3.63, 3.8) is 0 Å². The molecule has 0 spiro atoms. The molecule has 0 aromatic heterocycles. The zero-order valence-electron chi connectivity index (χ0n) is 16.4. The fraction of sp³-hybridized carbons (Fsp3) is 0.238. The molecule has 2 aromatic rings. The van der Waals surface area contributed by atoms with Crippen molar-refractivity contribution in [3.8, 4) is 0 Å². The Morgan fingerprint density at radius 3 is 1.48 bits per heavy atom. The standard InChI is InChI=1S/C21H20Cl4N4O2/c22-16-8-6-14(10-18(16)24)12-26-28-20(30)4-2-1-3-5-21(31)29-27-13-15-7-9-17(23)19(25)11-15/h6-13H,1-5H2,(H,28,30)(H,29,31). The average molecular weight is 502 g/mol. The molecule has 0 aliphatic carbocycles. The highest BCUT2D eigenvalue weighted by molar-refractivity contribution is 6.42. The van der Waals surface area contributed by atoms with E-state index in [4.69, 9.17) is 46.4 Å². The van der Waals surface area contributed by atoms with E-state index in [1.54, 1.807) is 36.4 Å². The minimum Gasteiger partial charge on any atom is -0.273 e. The molecule has 0 aliphatic rings. The maximum Gasteiger partial charge on any atom is 0.240 e. The highest BCUT2D eigenvalue weighted by Crippen LogP contribution is 2.22. The van der Waals surface area contributed by atoms with Crippen LogP contribution in [-0.4, -0.2) is 24.2 Å². The summed E-state index contributed by atoms with van der Waals surface area (Å²) in [6.45, 7) is 0. The van der Waals surface area contributed by atoms with Gasteiger partial charge in [0.05, 0.1) is 32.5 Å². The van der Waals surface area contributed by atoms with Gasteiger partial charge in [0.25, 0.3) is 0 Å². The summed E-state index contributed by atoms with van der Waals surface area (Å²) < 4.78 is 0. The molecule has 0 saturated heterocycles. The second kappa shape index (κ2) is 13.3. The Hall–Kier alpha value is -2.12. The Bertz CT molecular complexity index is 902. The minimum absolute atomic E-state index is 0.202. The maximum atomic E-state index is 11.8. The zero-order chi connectivity index (χ0) is 22.6. The van der Waals surface area contributed by atoms with E-state index in [0.717, 1.165) is 17.5 Å². The first-order chi connectivity index (χ1) is 14.8. The molecule has 10 heteroatoms. The summed E-state index contributed by atoms with van der Waals surface area (Å²) in [6, 6.07) is 10.1. The van der Waals surface area contributed by atoms with Crippen LogP contribution in [0, 0.1) is 0 Å². The average Bonchev–Trinajstić information content (AvgIpc) is 2.73. The molecule has 6 nitrogen and oxygen atoms in total. The fourth-order valence-electron chi connectivity index (χ4n) is 2.40. The summed E-state index contributed by atoms with van der Waals surface area (Å²) in [5.74, 6) is -0.404. The molecular formula is C21H20Cl4N4O2. The third kappa shape index (κ3) is 9.70. The van der Waals surface area contributed by atoms with Crippen molar-refractivity contribution in [3.05, 3.63) is 67.6 Å². The summed E-state index contributed by atoms with van der Waals surface area (Å²) in [5, 5.41) is 9.52. The number of amides is 2. The number of unbranched alkanes of at least 4 members (excludes halogenated alkanes) is 2. The summed E-state index contributed by atoms with van der Waals surface area (Å²) in [7, 11) is 0. The molecule has 2 amide bonds. The Morgan fingerprint density at radius 2 is 1.10 bits per heavy atom. The molecule has 0 aliphatic heterocycles. The van der Waals surface area contributed by atoms with Gasteiger partial charge in [-0.2, -0.15) is 10.2 Å². The first kappa shape index (κ1) is 25.1. The van der Waals surface area contributed by atoms with E-state index in [0.29, 0.717) is 45.8 Å². The SMILES string of the molecule is O=C(CCCCCC(=O)NN=Cc1ccc(Cl)c(Cl)c1)NN=Cc1ccc(Cl)c(Cl)c1. The van der Waals surface area contributed by atoms with Gasteiger partial charge in [-0.05, 0) is 48.2 Å². The highest BCUT2D eigenvalue weighted by Gasteiger charge is 2.03. The predicted octanol–water partition coefficient (Wildman–Crippen LogP) is 5.85. The topological polar surface area (TPSA) is 82.9 Å². The molecule has 0 atom stereocenters. The molecular weight excluding hydrogens is 482 g/mol. The van der Waals surface area contributed by atoms with Crippen LogP contribution in [0.2, 0.25) is 20.1 Å². The third-order valence-corrected chi connectivity index (χ3v) is 5.48. The van der Waals surface area contributed by atoms with E-state index < -0.39 is 0 Å². The van der Waals surface area contributed by atoms with Gasteiger partial charge >= 0.3 is 0 Å². The van der Waals surface area contributed by atoms with Crippen LogP contribution in [0.4, 0.5) is 0 Å². The molecule has 2 rings (SSSR count). The first-order valence-electron chi connectivity index (χ1n) is 9.39. The van der Waals surface area contributed by atoms with E-state index in [1.807, 2.05) is 0 Å². The number of hydrogen-bond acceptors (Lipinski definition) is 4. The van der Waals surface area contributed by atoms with Crippen LogP contribution in [0.25, 0.3) is 0 Å². The van der Waals surface area contributed by atoms with Crippen LogP contribution in [0.15, 0.2) is 46.6 Å². The van der Waals surface area contributed by atoms with Crippen LogP contribution in [-0.2, 0) is 9.59 Å². The van der Waals surface area contributed by atoms with Crippen molar-refractivity contribution in [2.24, 2.45) is 10.2 Å². The van der Waals surface area contributed by atoms with Crippen LogP contribution in [0.3, 0.4) is 0 Å². The number of benzene rings is 2. The number of carbonyl (C=O) groups is 2. The smallest absolute Gasteiger partial charge is 0.240 e. The van der Waals surface area contributed by atoms with Gasteiger partial charge < -0.3 is 0 Å². The van der Waals surface area contributed by atoms with Gasteiger partial charge in [-0.3, -0.25) is 9.59 Å². The van der Waals surface area contributed by atoms with E-state index in [2.05, 4.69) is 21.1 Å². The van der Waals surface area contributed by atoms with Gasteiger partial charge in [0, 0.05) is 12.8 Å². The quantitative estimate of drug-likeness (QED) is 0.243. The van der Waals surface area contributed by atoms with Gasteiger partial charge in [0.2, 0.25) is 11.8 Å². The summed E-state index contributed by atoms with van der Waals surface area (Å²) in [6.07, 6.45) is 5.63. The van der Waals surface area contributed by atoms with Gasteiger partial charge in [-0.15, -0.1) is 0 Å². The lowest BCUT2D eigenvalue weighted by atomic mass is 10.1. The van der Waals surface area contributed by atoms with Crippen LogP contribution in [0.1, 0.15) is 43.2 Å². The number of hydrogen-bond donors (Lipinski definition) is 2. The Morgan fingerprint density at radius 1 is 0.677 bits per heavy atom. The van der Waals surface area contributed by atoms with E-state index in [9.17, 15) is 9.59 Å². The molecule has 0 radical (unpaired) electrons. The molecule has 31 heavy (non-hydrogen) atoms. The number of nitrogens with one attached hydrogen (secondary N) is 2. The lowest BCUT2D eigenvalue weighted by Gasteiger charge is -2.02. The molecule has 0 heterocycles. The van der Waals surface area contributed by atoms with Crippen molar-refractivity contribution in [1.82, 2.24) is 10.9 Å². The van der Waals surface area contributed by atoms with Crippen molar-refractivity contribution in [2.75, 3.05) is 0 Å². The summed E-state index contributed by atoms with van der Waals surface area (Å²) in [5.41, 5.74) is 6.36. The number of rotatable bonds is 10. The van der Waals surface area contributed by atoms with E-state index >= 15 is 0 Å². The maximum absolute atomic E-state index is 11.8. The molecule has 0 bridgehead atoms. The van der Waals surface area contributed by atoms with Crippen molar-refractivity contribution in [1.29, 1.82) is 0 Å². The highest BCUT2D eigenvalue weighted by atomic mass is 35.5. The molecule has 2 aromatic carbocycles. The molecule has 2 N–H and O–H groups in total. The van der Waals surface area contributed by atoms with Gasteiger partial charge in [0.1, 0.15) is 0 Å². The van der Waals surface area contributed by atoms with Gasteiger partial charge in [0.15, 0.2) is 0 Å². The summed E-state index contributed by atoms with van der Waals surface area (Å²) >= 11 is 23.5. The Balaban J connectivity index is 1.57. The molecule has 0 unspecified atom stereocenters. The second-order valence-electron chi connectivity index (χ2n) is 6.49. The van der Waals surface area contributed by atoms with Crippen LogP contribution < -0.4 is 10.9 Å². The van der Waals surface area contributed by atoms with Crippen molar-refractivity contribution >= 4 is 70.6 Å².